The summed E-state index contributed by atoms with van der Waals surface area (Å²) in [4.78, 5) is 0. The summed E-state index contributed by atoms with van der Waals surface area (Å²) in [5, 5.41) is 3.23. The van der Waals surface area contributed by atoms with Gasteiger partial charge in [-0.2, -0.15) is 0 Å². The molecule has 0 heterocycles. The molecule has 0 radical (unpaired) electrons. The third-order valence-electron chi connectivity index (χ3n) is 2.90. The van der Waals surface area contributed by atoms with E-state index in [2.05, 4.69) is 26.1 Å². The summed E-state index contributed by atoms with van der Waals surface area (Å²) >= 11 is 0. The minimum absolute atomic E-state index is 0.100. The zero-order valence-corrected chi connectivity index (χ0v) is 12.7. The van der Waals surface area contributed by atoms with E-state index in [1.54, 1.807) is 7.05 Å². The Kier molecular flexibility index (Phi) is 8.00. The molecule has 17 heavy (non-hydrogen) atoms. The van der Waals surface area contributed by atoms with Crippen molar-refractivity contribution in [1.82, 2.24) is 9.62 Å². The average molecular weight is 264 g/mol. The van der Waals surface area contributed by atoms with Crippen LogP contribution in [-0.4, -0.2) is 44.2 Å². The Labute approximate surface area is 107 Å². The Balaban J connectivity index is 4.10. The summed E-state index contributed by atoms with van der Waals surface area (Å²) in [7, 11) is -1.40. The molecule has 0 aromatic rings. The van der Waals surface area contributed by atoms with Gasteiger partial charge in [0.1, 0.15) is 0 Å². The predicted octanol–water partition coefficient (Wildman–Crippen LogP) is 1.82. The van der Waals surface area contributed by atoms with Crippen LogP contribution in [0.25, 0.3) is 0 Å². The van der Waals surface area contributed by atoms with E-state index in [0.717, 1.165) is 19.4 Å². The van der Waals surface area contributed by atoms with Crippen molar-refractivity contribution in [2.24, 2.45) is 0 Å². The summed E-state index contributed by atoms with van der Waals surface area (Å²) in [5.41, 5.74) is 0. The molecule has 0 aliphatic heterocycles. The van der Waals surface area contributed by atoms with Crippen molar-refractivity contribution in [2.75, 3.05) is 19.3 Å². The lowest BCUT2D eigenvalue weighted by atomic mass is 10.2. The van der Waals surface area contributed by atoms with Gasteiger partial charge in [0.05, 0.1) is 5.75 Å². The van der Waals surface area contributed by atoms with Gasteiger partial charge in [-0.1, -0.05) is 27.2 Å². The molecule has 0 spiro atoms. The third-order valence-corrected chi connectivity index (χ3v) is 4.94. The molecule has 0 aliphatic carbocycles. The van der Waals surface area contributed by atoms with Gasteiger partial charge in [0.2, 0.25) is 10.0 Å². The molecule has 0 saturated carbocycles. The lowest BCUT2D eigenvalue weighted by molar-refractivity contribution is 0.368. The lowest BCUT2D eigenvalue weighted by Crippen LogP contribution is -2.37. The zero-order chi connectivity index (χ0) is 13.5. The van der Waals surface area contributed by atoms with E-state index in [-0.39, 0.29) is 11.8 Å². The van der Waals surface area contributed by atoms with Gasteiger partial charge in [0, 0.05) is 19.1 Å². The van der Waals surface area contributed by atoms with Gasteiger partial charge < -0.3 is 5.32 Å². The maximum atomic E-state index is 12.0. The van der Waals surface area contributed by atoms with Crippen LogP contribution in [0.5, 0.6) is 0 Å². The molecule has 1 atom stereocenters. The first kappa shape index (κ1) is 16.9. The van der Waals surface area contributed by atoms with E-state index in [4.69, 9.17) is 0 Å². The highest BCUT2D eigenvalue weighted by atomic mass is 32.2. The maximum absolute atomic E-state index is 12.0. The number of nitrogens with zero attached hydrogens (tertiary/aromatic N) is 1. The molecule has 104 valence electrons. The fourth-order valence-corrected chi connectivity index (χ4v) is 3.11. The van der Waals surface area contributed by atoms with Crippen LogP contribution in [0.3, 0.4) is 0 Å². The van der Waals surface area contributed by atoms with Gasteiger partial charge in [0.15, 0.2) is 0 Å². The van der Waals surface area contributed by atoms with Gasteiger partial charge >= 0.3 is 0 Å². The van der Waals surface area contributed by atoms with Crippen molar-refractivity contribution in [3.63, 3.8) is 0 Å². The van der Waals surface area contributed by atoms with Gasteiger partial charge in [0.25, 0.3) is 0 Å². The van der Waals surface area contributed by atoms with Crippen LogP contribution >= 0.6 is 0 Å². The quantitative estimate of drug-likeness (QED) is 0.646. The normalized spacial score (nSPS) is 14.5. The standard InChI is InChI=1S/C12H28N2O2S/c1-6-8-12(4)14(5)17(15,16)10-7-9-13-11(2)3/h11-13H,6-10H2,1-5H3. The smallest absolute Gasteiger partial charge is 0.214 e. The first-order valence-corrected chi connectivity index (χ1v) is 8.11. The highest BCUT2D eigenvalue weighted by Gasteiger charge is 2.21. The number of sulfonamides is 1. The number of rotatable bonds is 9. The van der Waals surface area contributed by atoms with E-state index >= 15 is 0 Å². The number of hydrogen-bond acceptors (Lipinski definition) is 3. The molecule has 0 aliphatic rings. The molecule has 0 amide bonds. The number of hydrogen-bond donors (Lipinski definition) is 1. The van der Waals surface area contributed by atoms with Gasteiger partial charge in [-0.05, 0) is 26.3 Å². The second-order valence-corrected chi connectivity index (χ2v) is 7.08. The van der Waals surface area contributed by atoms with Crippen LogP contribution in [0.2, 0.25) is 0 Å². The lowest BCUT2D eigenvalue weighted by Gasteiger charge is -2.24. The van der Waals surface area contributed by atoms with Crippen molar-refractivity contribution >= 4 is 10.0 Å². The van der Waals surface area contributed by atoms with E-state index in [1.807, 2.05) is 6.92 Å². The van der Waals surface area contributed by atoms with Crippen LogP contribution < -0.4 is 5.32 Å². The number of nitrogens with one attached hydrogen (secondary N) is 1. The molecule has 0 fully saturated rings. The molecule has 0 aromatic heterocycles. The fourth-order valence-electron chi connectivity index (χ4n) is 1.66. The van der Waals surface area contributed by atoms with Crippen LogP contribution in [0, 0.1) is 0 Å². The Bertz CT molecular complexity index is 289. The Morgan fingerprint density at radius 2 is 1.82 bits per heavy atom. The summed E-state index contributed by atoms with van der Waals surface area (Å²) in [6.45, 7) is 8.91. The monoisotopic (exact) mass is 264 g/mol. The van der Waals surface area contributed by atoms with Crippen molar-refractivity contribution < 1.29 is 8.42 Å². The molecular formula is C12H28N2O2S. The van der Waals surface area contributed by atoms with Crippen molar-refractivity contribution in [3.05, 3.63) is 0 Å². The maximum Gasteiger partial charge on any atom is 0.214 e. The second kappa shape index (κ2) is 8.06. The van der Waals surface area contributed by atoms with E-state index < -0.39 is 10.0 Å². The summed E-state index contributed by atoms with van der Waals surface area (Å²) in [6, 6.07) is 0.512. The van der Waals surface area contributed by atoms with E-state index in [1.165, 1.54) is 4.31 Å². The molecular weight excluding hydrogens is 236 g/mol. The van der Waals surface area contributed by atoms with Gasteiger partial charge in [-0.3, -0.25) is 0 Å². The van der Waals surface area contributed by atoms with Crippen LogP contribution in [0.15, 0.2) is 0 Å². The van der Waals surface area contributed by atoms with Crippen LogP contribution in [-0.2, 0) is 10.0 Å². The topological polar surface area (TPSA) is 49.4 Å². The minimum atomic E-state index is -3.09. The van der Waals surface area contributed by atoms with Crippen LogP contribution in [0.4, 0.5) is 0 Å². The predicted molar refractivity (Wildman–Crippen MR) is 73.7 cm³/mol. The van der Waals surface area contributed by atoms with Crippen molar-refractivity contribution in [3.8, 4) is 0 Å². The van der Waals surface area contributed by atoms with Crippen molar-refractivity contribution in [2.45, 2.75) is 59.0 Å². The molecule has 1 N–H and O–H groups in total. The molecule has 0 saturated heterocycles. The summed E-state index contributed by atoms with van der Waals surface area (Å²) < 4.78 is 25.5. The van der Waals surface area contributed by atoms with Crippen molar-refractivity contribution in [1.29, 1.82) is 0 Å². The second-order valence-electron chi connectivity index (χ2n) is 4.93. The molecule has 0 aromatic carbocycles. The summed E-state index contributed by atoms with van der Waals surface area (Å²) in [6.07, 6.45) is 2.60. The Hall–Kier alpha value is -0.130. The van der Waals surface area contributed by atoms with E-state index in [0.29, 0.717) is 12.5 Å². The molecule has 0 bridgehead atoms. The van der Waals surface area contributed by atoms with Crippen LogP contribution in [0.1, 0.15) is 47.0 Å². The average Bonchev–Trinajstić information content (AvgIpc) is 2.23. The molecule has 4 nitrogen and oxygen atoms in total. The van der Waals surface area contributed by atoms with E-state index in [9.17, 15) is 8.42 Å². The summed E-state index contributed by atoms with van der Waals surface area (Å²) in [5.74, 6) is 0.233. The first-order chi connectivity index (χ1) is 7.81. The molecule has 1 unspecified atom stereocenters. The first-order valence-electron chi connectivity index (χ1n) is 6.50. The van der Waals surface area contributed by atoms with Gasteiger partial charge in [-0.15, -0.1) is 0 Å². The molecule has 5 heteroatoms. The Morgan fingerprint density at radius 1 is 1.24 bits per heavy atom. The highest BCUT2D eigenvalue weighted by Crippen LogP contribution is 2.10. The Morgan fingerprint density at radius 3 is 2.29 bits per heavy atom. The fraction of sp³-hybridized carbons (Fsp3) is 1.00. The SMILES string of the molecule is CCCC(C)N(C)S(=O)(=O)CCCNC(C)C. The largest absolute Gasteiger partial charge is 0.314 e. The minimum Gasteiger partial charge on any atom is -0.314 e. The third kappa shape index (κ3) is 7.01. The zero-order valence-electron chi connectivity index (χ0n) is 11.9. The van der Waals surface area contributed by atoms with Gasteiger partial charge in [-0.25, -0.2) is 12.7 Å². The highest BCUT2D eigenvalue weighted by molar-refractivity contribution is 7.89. The molecule has 0 rings (SSSR count).